The molecule has 1 rings (SSSR count). The molecule has 0 amide bonds. The van der Waals surface area contributed by atoms with Gasteiger partial charge in [0.15, 0.2) is 11.6 Å². The second-order valence-corrected chi connectivity index (χ2v) is 6.03. The summed E-state index contributed by atoms with van der Waals surface area (Å²) in [5.41, 5.74) is 0.0793. The molecule has 1 heterocycles. The maximum atomic E-state index is 13.7. The quantitative estimate of drug-likeness (QED) is 0.822. The zero-order valence-electron chi connectivity index (χ0n) is 10.4. The first-order valence-electron chi connectivity index (χ1n) is 5.27. The fourth-order valence-corrected chi connectivity index (χ4v) is 1.73. The topological polar surface area (TPSA) is 16.1 Å². The summed E-state index contributed by atoms with van der Waals surface area (Å²) in [6, 6.07) is 1.64. The van der Waals surface area contributed by atoms with Crippen molar-refractivity contribution < 1.29 is 4.39 Å². The van der Waals surface area contributed by atoms with Crippen LogP contribution in [-0.4, -0.2) is 18.1 Å². The highest BCUT2D eigenvalue weighted by Crippen LogP contribution is 2.28. The van der Waals surface area contributed by atoms with Crippen molar-refractivity contribution in [2.24, 2.45) is 5.41 Å². The molecule has 0 aliphatic heterocycles. The molecule has 4 heteroatoms. The first-order chi connectivity index (χ1) is 7.23. The third kappa shape index (κ3) is 2.94. The Morgan fingerprint density at radius 2 is 2.00 bits per heavy atom. The van der Waals surface area contributed by atoms with Crippen molar-refractivity contribution in [2.75, 3.05) is 11.9 Å². The average molecular weight is 289 g/mol. The van der Waals surface area contributed by atoms with Gasteiger partial charge in [-0.15, -0.1) is 0 Å². The molecule has 0 spiro atoms. The summed E-state index contributed by atoms with van der Waals surface area (Å²) < 4.78 is 14.4. The molecular weight excluding hydrogens is 271 g/mol. The Balaban J connectivity index is 3.01. The Kier molecular flexibility index (Phi) is 3.94. The van der Waals surface area contributed by atoms with E-state index in [0.717, 1.165) is 0 Å². The maximum Gasteiger partial charge on any atom is 0.166 e. The number of pyridine rings is 1. The van der Waals surface area contributed by atoms with Crippen LogP contribution in [0.1, 0.15) is 27.7 Å². The van der Waals surface area contributed by atoms with Crippen molar-refractivity contribution >= 4 is 21.7 Å². The van der Waals surface area contributed by atoms with Gasteiger partial charge < -0.3 is 4.90 Å². The van der Waals surface area contributed by atoms with Gasteiger partial charge in [-0.1, -0.05) is 20.8 Å². The molecule has 0 aromatic carbocycles. The molecule has 0 bridgehead atoms. The number of halogens is 2. The van der Waals surface area contributed by atoms with Gasteiger partial charge in [-0.05, 0) is 34.3 Å². The summed E-state index contributed by atoms with van der Waals surface area (Å²) in [5, 5.41) is 0. The van der Waals surface area contributed by atoms with E-state index < -0.39 is 0 Å². The second-order valence-electron chi connectivity index (χ2n) is 5.11. The predicted octanol–water partition coefficient (Wildman–Crippen LogP) is 3.85. The van der Waals surface area contributed by atoms with Crippen molar-refractivity contribution in [1.29, 1.82) is 0 Å². The minimum atomic E-state index is -0.298. The molecule has 0 aliphatic carbocycles. The summed E-state index contributed by atoms with van der Waals surface area (Å²) in [4.78, 5) is 5.99. The zero-order chi connectivity index (χ0) is 12.5. The normalized spacial score (nSPS) is 13.7. The molecule has 2 nitrogen and oxygen atoms in total. The molecule has 0 N–H and O–H groups in total. The number of anilines is 1. The van der Waals surface area contributed by atoms with Crippen LogP contribution in [0.15, 0.2) is 16.7 Å². The summed E-state index contributed by atoms with van der Waals surface area (Å²) in [7, 11) is 1.87. The van der Waals surface area contributed by atoms with Gasteiger partial charge in [-0.2, -0.15) is 0 Å². The molecule has 1 unspecified atom stereocenters. The molecular formula is C12H18BrFN2. The number of rotatable bonds is 2. The van der Waals surface area contributed by atoms with Gasteiger partial charge in [0.25, 0.3) is 0 Å². The van der Waals surface area contributed by atoms with Crippen LogP contribution >= 0.6 is 15.9 Å². The van der Waals surface area contributed by atoms with Crippen molar-refractivity contribution in [3.63, 3.8) is 0 Å². The molecule has 0 aliphatic rings. The summed E-state index contributed by atoms with van der Waals surface area (Å²) >= 11 is 3.20. The van der Waals surface area contributed by atoms with E-state index >= 15 is 0 Å². The lowest BCUT2D eigenvalue weighted by atomic mass is 9.87. The Bertz CT molecular complexity index is 374. The highest BCUT2D eigenvalue weighted by atomic mass is 79.9. The van der Waals surface area contributed by atoms with E-state index in [-0.39, 0.29) is 17.3 Å². The lowest BCUT2D eigenvalue weighted by Gasteiger charge is -2.36. The van der Waals surface area contributed by atoms with Gasteiger partial charge in [0, 0.05) is 23.8 Å². The summed E-state index contributed by atoms with van der Waals surface area (Å²) in [5.74, 6) is 0.0959. The number of hydrogen-bond acceptors (Lipinski definition) is 2. The predicted molar refractivity (Wildman–Crippen MR) is 69.2 cm³/mol. The third-order valence-electron chi connectivity index (χ3n) is 2.96. The zero-order valence-corrected chi connectivity index (χ0v) is 12.0. The fourth-order valence-electron chi connectivity index (χ4n) is 1.43. The first-order valence-corrected chi connectivity index (χ1v) is 6.06. The Labute approximate surface area is 105 Å². The average Bonchev–Trinajstić information content (AvgIpc) is 2.14. The lowest BCUT2D eigenvalue weighted by molar-refractivity contribution is 0.327. The van der Waals surface area contributed by atoms with Crippen LogP contribution < -0.4 is 4.90 Å². The van der Waals surface area contributed by atoms with Crippen LogP contribution in [0.5, 0.6) is 0 Å². The first kappa shape index (κ1) is 13.4. The van der Waals surface area contributed by atoms with Crippen molar-refractivity contribution in [1.82, 2.24) is 4.98 Å². The van der Waals surface area contributed by atoms with E-state index in [1.165, 1.54) is 6.07 Å². The molecule has 1 atom stereocenters. The largest absolute Gasteiger partial charge is 0.354 e. The van der Waals surface area contributed by atoms with Crippen molar-refractivity contribution in [3.05, 3.63) is 22.6 Å². The molecule has 90 valence electrons. The minimum absolute atomic E-state index is 0.0793. The molecule has 1 aromatic heterocycles. The standard InChI is InChI=1S/C12H18BrFN2/c1-8(12(2,3)4)16(5)11-10(14)6-9(13)7-15-11/h6-8H,1-5H3. The Morgan fingerprint density at radius 3 is 2.44 bits per heavy atom. The number of nitrogens with zero attached hydrogens (tertiary/aromatic N) is 2. The monoisotopic (exact) mass is 288 g/mol. The third-order valence-corrected chi connectivity index (χ3v) is 3.39. The fraction of sp³-hybridized carbons (Fsp3) is 0.583. The van der Waals surface area contributed by atoms with Crippen LogP contribution in [-0.2, 0) is 0 Å². The minimum Gasteiger partial charge on any atom is -0.354 e. The van der Waals surface area contributed by atoms with Crippen molar-refractivity contribution in [3.8, 4) is 0 Å². The highest BCUT2D eigenvalue weighted by Gasteiger charge is 2.26. The molecule has 0 radical (unpaired) electrons. The van der Waals surface area contributed by atoms with Gasteiger partial charge in [0.2, 0.25) is 0 Å². The van der Waals surface area contributed by atoms with E-state index in [0.29, 0.717) is 10.3 Å². The summed E-state index contributed by atoms with van der Waals surface area (Å²) in [6.45, 7) is 8.46. The second kappa shape index (κ2) is 4.70. The van der Waals surface area contributed by atoms with Gasteiger partial charge in [0.1, 0.15) is 0 Å². The van der Waals surface area contributed by atoms with E-state index in [9.17, 15) is 4.39 Å². The van der Waals surface area contributed by atoms with Crippen LogP contribution in [0.2, 0.25) is 0 Å². The number of hydrogen-bond donors (Lipinski definition) is 0. The van der Waals surface area contributed by atoms with Crippen LogP contribution in [0.4, 0.5) is 10.2 Å². The van der Waals surface area contributed by atoms with Crippen LogP contribution in [0.3, 0.4) is 0 Å². The van der Waals surface area contributed by atoms with Gasteiger partial charge in [-0.25, -0.2) is 9.37 Å². The molecule has 1 aromatic rings. The Hall–Kier alpha value is -0.640. The molecule has 16 heavy (non-hydrogen) atoms. The van der Waals surface area contributed by atoms with Crippen LogP contribution in [0, 0.1) is 11.2 Å². The van der Waals surface area contributed by atoms with E-state index in [2.05, 4.69) is 48.6 Å². The lowest BCUT2D eigenvalue weighted by Crippen LogP contribution is -2.40. The van der Waals surface area contributed by atoms with Crippen molar-refractivity contribution in [2.45, 2.75) is 33.7 Å². The smallest absolute Gasteiger partial charge is 0.166 e. The van der Waals surface area contributed by atoms with E-state index in [4.69, 9.17) is 0 Å². The van der Waals surface area contributed by atoms with E-state index in [1.807, 2.05) is 11.9 Å². The highest BCUT2D eigenvalue weighted by molar-refractivity contribution is 9.10. The molecule has 0 saturated carbocycles. The summed E-state index contributed by atoms with van der Waals surface area (Å²) in [6.07, 6.45) is 1.62. The van der Waals surface area contributed by atoms with Crippen LogP contribution in [0.25, 0.3) is 0 Å². The van der Waals surface area contributed by atoms with Gasteiger partial charge in [-0.3, -0.25) is 0 Å². The Morgan fingerprint density at radius 1 is 1.44 bits per heavy atom. The van der Waals surface area contributed by atoms with Gasteiger partial charge in [0.05, 0.1) is 0 Å². The number of aromatic nitrogens is 1. The van der Waals surface area contributed by atoms with E-state index in [1.54, 1.807) is 6.20 Å². The maximum absolute atomic E-state index is 13.7. The molecule has 0 fully saturated rings. The molecule has 0 saturated heterocycles. The SMILES string of the molecule is CC(N(C)c1ncc(Br)cc1F)C(C)(C)C. The van der Waals surface area contributed by atoms with Gasteiger partial charge >= 0.3 is 0 Å².